The molecule has 0 bridgehead atoms. The van der Waals surface area contributed by atoms with Crippen LogP contribution in [0.25, 0.3) is 0 Å². The van der Waals surface area contributed by atoms with Crippen LogP contribution < -0.4 is 4.74 Å². The Morgan fingerprint density at radius 2 is 2.18 bits per heavy atom. The smallest absolute Gasteiger partial charge is 0.124 e. The third-order valence-electron chi connectivity index (χ3n) is 3.52. The molecule has 1 aromatic carbocycles. The van der Waals surface area contributed by atoms with Crippen LogP contribution in [0.4, 0.5) is 0 Å². The number of nitrogens with zero attached hydrogens (tertiary/aromatic N) is 1. The monoisotopic (exact) mass is 249 g/mol. The van der Waals surface area contributed by atoms with Crippen molar-refractivity contribution in [3.63, 3.8) is 0 Å². The molecule has 0 radical (unpaired) electrons. The van der Waals surface area contributed by atoms with Gasteiger partial charge in [-0.05, 0) is 50.8 Å². The summed E-state index contributed by atoms with van der Waals surface area (Å²) in [5.74, 6) is 0.825. The summed E-state index contributed by atoms with van der Waals surface area (Å²) in [6, 6.07) is 4.38. The van der Waals surface area contributed by atoms with Gasteiger partial charge in [0.2, 0.25) is 0 Å². The number of nitriles is 1. The van der Waals surface area contributed by atoms with Crippen molar-refractivity contribution in [2.45, 2.75) is 39.0 Å². The van der Waals surface area contributed by atoms with Crippen LogP contribution in [-0.4, -0.2) is 6.61 Å². The van der Waals surface area contributed by atoms with Crippen LogP contribution in [0.2, 0.25) is 5.02 Å². The Balaban J connectivity index is 2.74. The summed E-state index contributed by atoms with van der Waals surface area (Å²) in [5.41, 5.74) is 2.46. The van der Waals surface area contributed by atoms with Gasteiger partial charge in [-0.15, -0.1) is 0 Å². The van der Waals surface area contributed by atoms with Gasteiger partial charge < -0.3 is 4.74 Å². The van der Waals surface area contributed by atoms with Gasteiger partial charge in [0.05, 0.1) is 18.1 Å². The van der Waals surface area contributed by atoms with Gasteiger partial charge in [0.1, 0.15) is 5.75 Å². The molecule has 0 spiro atoms. The van der Waals surface area contributed by atoms with Crippen molar-refractivity contribution in [1.82, 2.24) is 0 Å². The molecule has 1 unspecified atom stereocenters. The average molecular weight is 250 g/mol. The van der Waals surface area contributed by atoms with Gasteiger partial charge in [-0.25, -0.2) is 0 Å². The third-order valence-corrected chi connectivity index (χ3v) is 4.10. The van der Waals surface area contributed by atoms with E-state index in [-0.39, 0.29) is 0 Å². The lowest BCUT2D eigenvalue weighted by molar-refractivity contribution is 0.315. The third kappa shape index (κ3) is 1.89. The van der Waals surface area contributed by atoms with E-state index in [1.54, 1.807) is 0 Å². The van der Waals surface area contributed by atoms with Crippen LogP contribution in [0, 0.1) is 25.2 Å². The summed E-state index contributed by atoms with van der Waals surface area (Å²) >= 11 is 6.29. The summed E-state index contributed by atoms with van der Waals surface area (Å²) < 4.78 is 5.75. The van der Waals surface area contributed by atoms with E-state index >= 15 is 0 Å². The SMILES string of the molecule is Cc1cc2c(c(C)c1Cl)C(C)(C#N)CCCO2. The highest BCUT2D eigenvalue weighted by Crippen LogP contribution is 2.43. The fourth-order valence-corrected chi connectivity index (χ4v) is 2.72. The number of benzene rings is 1. The molecular formula is C14H16ClNO. The van der Waals surface area contributed by atoms with Gasteiger partial charge in [0.15, 0.2) is 0 Å². The number of aryl methyl sites for hydroxylation is 1. The summed E-state index contributed by atoms with van der Waals surface area (Å²) in [4.78, 5) is 0. The number of rotatable bonds is 0. The summed E-state index contributed by atoms with van der Waals surface area (Å²) in [7, 11) is 0. The van der Waals surface area contributed by atoms with E-state index in [2.05, 4.69) is 6.07 Å². The number of halogens is 1. The maximum Gasteiger partial charge on any atom is 0.124 e. The van der Waals surface area contributed by atoms with E-state index < -0.39 is 5.41 Å². The second kappa shape index (κ2) is 4.23. The number of ether oxygens (including phenoxy) is 1. The van der Waals surface area contributed by atoms with E-state index in [9.17, 15) is 5.26 Å². The molecule has 1 aliphatic heterocycles. The average Bonchev–Trinajstić information content (AvgIpc) is 2.46. The zero-order valence-corrected chi connectivity index (χ0v) is 11.2. The van der Waals surface area contributed by atoms with Crippen LogP contribution in [-0.2, 0) is 5.41 Å². The molecular weight excluding hydrogens is 234 g/mol. The molecule has 17 heavy (non-hydrogen) atoms. The lowest BCUT2D eigenvalue weighted by atomic mass is 9.77. The molecule has 2 nitrogen and oxygen atoms in total. The van der Waals surface area contributed by atoms with Gasteiger partial charge in [0.25, 0.3) is 0 Å². The highest BCUT2D eigenvalue weighted by atomic mass is 35.5. The van der Waals surface area contributed by atoms with E-state index in [1.165, 1.54) is 0 Å². The molecule has 0 saturated heterocycles. The molecule has 1 aromatic rings. The van der Waals surface area contributed by atoms with Crippen LogP contribution in [0.5, 0.6) is 5.75 Å². The normalized spacial score (nSPS) is 23.2. The summed E-state index contributed by atoms with van der Waals surface area (Å²) in [6.07, 6.45) is 1.71. The van der Waals surface area contributed by atoms with Gasteiger partial charge in [0, 0.05) is 10.6 Å². The molecule has 90 valence electrons. The maximum atomic E-state index is 9.46. The van der Waals surface area contributed by atoms with Crippen molar-refractivity contribution in [2.24, 2.45) is 0 Å². The lowest BCUT2D eigenvalue weighted by Crippen LogP contribution is -2.20. The minimum atomic E-state index is -0.493. The first-order valence-corrected chi connectivity index (χ1v) is 6.21. The van der Waals surface area contributed by atoms with Crippen LogP contribution >= 0.6 is 11.6 Å². The van der Waals surface area contributed by atoms with Crippen molar-refractivity contribution in [3.8, 4) is 11.8 Å². The summed E-state index contributed by atoms with van der Waals surface area (Å²) in [5, 5.41) is 10.2. The second-order valence-electron chi connectivity index (χ2n) is 4.90. The quantitative estimate of drug-likeness (QED) is 0.698. The van der Waals surface area contributed by atoms with Crippen LogP contribution in [0.1, 0.15) is 36.5 Å². The standard InChI is InChI=1S/C14H16ClNO/c1-9-7-11-12(10(2)13(9)15)14(3,8-16)5-4-6-17-11/h7H,4-6H2,1-3H3. The lowest BCUT2D eigenvalue weighted by Gasteiger charge is -2.24. The molecule has 0 aromatic heterocycles. The first kappa shape index (κ1) is 12.3. The fraction of sp³-hybridized carbons (Fsp3) is 0.500. The first-order chi connectivity index (χ1) is 7.99. The van der Waals surface area contributed by atoms with E-state index in [4.69, 9.17) is 16.3 Å². The molecule has 0 fully saturated rings. The predicted molar refractivity (Wildman–Crippen MR) is 68.6 cm³/mol. The van der Waals surface area contributed by atoms with Gasteiger partial charge in [-0.3, -0.25) is 0 Å². The number of hydrogen-bond acceptors (Lipinski definition) is 2. The Hall–Kier alpha value is -1.20. The largest absolute Gasteiger partial charge is 0.493 e. The fourth-order valence-electron chi connectivity index (χ4n) is 2.57. The van der Waals surface area contributed by atoms with Crippen molar-refractivity contribution >= 4 is 11.6 Å². The molecule has 1 aliphatic rings. The first-order valence-electron chi connectivity index (χ1n) is 5.84. The molecule has 0 amide bonds. The minimum Gasteiger partial charge on any atom is -0.493 e. The second-order valence-corrected chi connectivity index (χ2v) is 5.28. The van der Waals surface area contributed by atoms with Crippen molar-refractivity contribution in [2.75, 3.05) is 6.61 Å². The van der Waals surface area contributed by atoms with E-state index in [0.717, 1.165) is 40.3 Å². The molecule has 1 atom stereocenters. The Kier molecular flexibility index (Phi) is 3.05. The van der Waals surface area contributed by atoms with Gasteiger partial charge >= 0.3 is 0 Å². The van der Waals surface area contributed by atoms with E-state index in [1.807, 2.05) is 26.8 Å². The van der Waals surface area contributed by atoms with Gasteiger partial charge in [-0.2, -0.15) is 5.26 Å². The maximum absolute atomic E-state index is 9.46. The zero-order chi connectivity index (χ0) is 12.6. The van der Waals surface area contributed by atoms with Crippen LogP contribution in [0.15, 0.2) is 6.07 Å². The highest BCUT2D eigenvalue weighted by Gasteiger charge is 2.34. The minimum absolute atomic E-state index is 0.493. The Morgan fingerprint density at radius 1 is 1.47 bits per heavy atom. The molecule has 0 N–H and O–H groups in total. The Morgan fingerprint density at radius 3 is 2.82 bits per heavy atom. The molecule has 0 aliphatic carbocycles. The molecule has 1 heterocycles. The van der Waals surface area contributed by atoms with Crippen molar-refractivity contribution < 1.29 is 4.74 Å². The molecule has 2 rings (SSSR count). The van der Waals surface area contributed by atoms with E-state index in [0.29, 0.717) is 6.61 Å². The van der Waals surface area contributed by atoms with Crippen LogP contribution in [0.3, 0.4) is 0 Å². The van der Waals surface area contributed by atoms with Crippen molar-refractivity contribution in [1.29, 1.82) is 5.26 Å². The number of fused-ring (bicyclic) bond motifs is 1. The van der Waals surface area contributed by atoms with Gasteiger partial charge in [-0.1, -0.05) is 11.6 Å². The zero-order valence-electron chi connectivity index (χ0n) is 10.4. The predicted octanol–water partition coefficient (Wildman–Crippen LogP) is 3.91. The summed E-state index contributed by atoms with van der Waals surface area (Å²) in [6.45, 7) is 6.58. The Bertz CT molecular complexity index is 504. The number of hydrogen-bond donors (Lipinski definition) is 0. The molecule has 3 heteroatoms. The van der Waals surface area contributed by atoms with Crippen molar-refractivity contribution in [3.05, 3.63) is 27.8 Å². The molecule has 0 saturated carbocycles. The highest BCUT2D eigenvalue weighted by molar-refractivity contribution is 6.32. The topological polar surface area (TPSA) is 33.0 Å². The Labute approximate surface area is 107 Å².